The normalized spacial score (nSPS) is 20.0. The van der Waals surface area contributed by atoms with Crippen LogP contribution in [0, 0.1) is 11.8 Å². The van der Waals surface area contributed by atoms with Gasteiger partial charge in [0.2, 0.25) is 6.10 Å². The van der Waals surface area contributed by atoms with E-state index >= 15 is 0 Å². The largest absolute Gasteiger partial charge is 0.451 e. The molecule has 1 aliphatic rings. The van der Waals surface area contributed by atoms with Crippen LogP contribution in [0.4, 0.5) is 13.2 Å². The molecule has 3 atom stereocenters. The lowest BCUT2D eigenvalue weighted by atomic mass is 9.85. The number of esters is 2. The minimum atomic E-state index is -5.21. The summed E-state index contributed by atoms with van der Waals surface area (Å²) in [6, 6.07) is 3.90. The third-order valence-electron chi connectivity index (χ3n) is 6.28. The Labute approximate surface area is 206 Å². The monoisotopic (exact) mass is 516 g/mol. The number of hydrogen-bond acceptors (Lipinski definition) is 6. The molecule has 192 valence electrons. The Hall–Kier alpha value is -1.95. The third-order valence-corrected chi connectivity index (χ3v) is 7.01. The van der Waals surface area contributed by atoms with E-state index in [0.29, 0.717) is 37.7 Å². The van der Waals surface area contributed by atoms with Crippen LogP contribution >= 0.6 is 0 Å². The molecule has 1 fully saturated rings. The van der Waals surface area contributed by atoms with Crippen LogP contribution in [-0.4, -0.2) is 66.5 Å². The van der Waals surface area contributed by atoms with E-state index in [0.717, 1.165) is 23.0 Å². The molecular weight excluding hydrogens is 486 g/mol. The van der Waals surface area contributed by atoms with Gasteiger partial charge in [0, 0.05) is 0 Å². The van der Waals surface area contributed by atoms with Gasteiger partial charge < -0.3 is 9.47 Å². The maximum absolute atomic E-state index is 13.3. The first-order chi connectivity index (χ1) is 16.3. The standard InChI is InChI=1S/C21H30B3F3O7S/c22-8-12-6-13(9-23)18(14(7-12)10-24)34-20(29)16-5-3-1-2-4-15(16)19(28)33-17(21(25,26)27)11-35(30,31)32/h6-7,15-17H,1-5,8-11,22-24H2,(H,30,31,32). The molecule has 0 spiro atoms. The van der Waals surface area contributed by atoms with Crippen LogP contribution in [0.5, 0.6) is 5.75 Å². The molecule has 0 aromatic heterocycles. The molecule has 0 bridgehead atoms. The summed E-state index contributed by atoms with van der Waals surface area (Å²) >= 11 is 0. The van der Waals surface area contributed by atoms with E-state index in [1.807, 2.05) is 35.7 Å². The van der Waals surface area contributed by atoms with Gasteiger partial charge in [-0.15, -0.1) is 0 Å². The fourth-order valence-corrected chi connectivity index (χ4v) is 4.99. The number of alkyl halides is 3. The summed E-state index contributed by atoms with van der Waals surface area (Å²) in [6.07, 6.45) is -4.18. The van der Waals surface area contributed by atoms with Crippen LogP contribution in [0.3, 0.4) is 0 Å². The highest BCUT2D eigenvalue weighted by Gasteiger charge is 2.47. The van der Waals surface area contributed by atoms with Gasteiger partial charge in [0.05, 0.1) is 11.8 Å². The smallest absolute Gasteiger partial charge is 0.426 e. The summed E-state index contributed by atoms with van der Waals surface area (Å²) in [5.41, 5.74) is 2.74. The van der Waals surface area contributed by atoms with Crippen molar-refractivity contribution in [2.24, 2.45) is 11.8 Å². The van der Waals surface area contributed by atoms with Crippen molar-refractivity contribution >= 4 is 45.6 Å². The Kier molecular flexibility index (Phi) is 10.3. The lowest BCUT2D eigenvalue weighted by Crippen LogP contribution is -2.42. The van der Waals surface area contributed by atoms with E-state index in [2.05, 4.69) is 4.74 Å². The number of carbonyl (C=O) groups is 2. The van der Waals surface area contributed by atoms with Crippen LogP contribution in [-0.2, 0) is 43.4 Å². The minimum Gasteiger partial charge on any atom is -0.451 e. The number of halogens is 3. The van der Waals surface area contributed by atoms with Crippen molar-refractivity contribution in [3.8, 4) is 5.75 Å². The summed E-state index contributed by atoms with van der Waals surface area (Å²) < 4.78 is 81.1. The molecule has 1 aromatic carbocycles. The molecule has 0 saturated heterocycles. The molecule has 1 aromatic rings. The van der Waals surface area contributed by atoms with Crippen molar-refractivity contribution in [2.45, 2.75) is 63.3 Å². The zero-order valence-electron chi connectivity index (χ0n) is 20.2. The van der Waals surface area contributed by atoms with Crippen molar-refractivity contribution in [1.29, 1.82) is 0 Å². The molecule has 0 radical (unpaired) electrons. The van der Waals surface area contributed by atoms with E-state index in [4.69, 9.17) is 9.29 Å². The van der Waals surface area contributed by atoms with Gasteiger partial charge in [-0.3, -0.25) is 14.1 Å². The number of benzene rings is 1. The number of ether oxygens (including phenoxy) is 2. The lowest BCUT2D eigenvalue weighted by molar-refractivity contribution is -0.218. The van der Waals surface area contributed by atoms with Crippen LogP contribution in [0.15, 0.2) is 12.1 Å². The van der Waals surface area contributed by atoms with E-state index in [-0.39, 0.29) is 12.8 Å². The maximum Gasteiger partial charge on any atom is 0.426 e. The number of carbonyl (C=O) groups excluding carboxylic acids is 2. The van der Waals surface area contributed by atoms with Gasteiger partial charge in [0.25, 0.3) is 10.1 Å². The van der Waals surface area contributed by atoms with Gasteiger partial charge in [-0.25, -0.2) is 0 Å². The van der Waals surface area contributed by atoms with E-state index in [9.17, 15) is 31.2 Å². The summed E-state index contributed by atoms with van der Waals surface area (Å²) in [4.78, 5) is 26.0. The highest BCUT2D eigenvalue weighted by atomic mass is 32.2. The quantitative estimate of drug-likeness (QED) is 0.168. The average Bonchev–Trinajstić information content (AvgIpc) is 3.03. The van der Waals surface area contributed by atoms with Crippen LogP contribution < -0.4 is 4.74 Å². The van der Waals surface area contributed by atoms with Gasteiger partial charge in [-0.2, -0.15) is 21.6 Å². The highest BCUT2D eigenvalue weighted by Crippen LogP contribution is 2.35. The SMILES string of the molecule is BCc1cc(CB)c(OC(=O)C2CCCCCC2C(=O)OC(CS(=O)(=O)O)C(F)(F)F)c(CB)c1. The first-order valence-corrected chi connectivity index (χ1v) is 13.5. The highest BCUT2D eigenvalue weighted by molar-refractivity contribution is 7.85. The molecule has 1 saturated carbocycles. The van der Waals surface area contributed by atoms with Gasteiger partial charge in [-0.1, -0.05) is 55.9 Å². The van der Waals surface area contributed by atoms with Crippen molar-refractivity contribution < 1.29 is 45.2 Å². The Morgan fingerprint density at radius 1 is 0.971 bits per heavy atom. The predicted octanol–water partition coefficient (Wildman–Crippen LogP) is 0.550. The third kappa shape index (κ3) is 8.30. The zero-order chi connectivity index (χ0) is 26.4. The molecule has 14 heteroatoms. The fourth-order valence-electron chi connectivity index (χ4n) is 4.35. The second-order valence-corrected chi connectivity index (χ2v) is 10.3. The molecule has 35 heavy (non-hydrogen) atoms. The molecule has 0 heterocycles. The Balaban J connectivity index is 2.32. The first-order valence-electron chi connectivity index (χ1n) is 11.9. The molecular formula is C21H30B3F3O7S. The van der Waals surface area contributed by atoms with E-state index in [1.54, 1.807) is 0 Å². The summed E-state index contributed by atoms with van der Waals surface area (Å²) in [7, 11) is 0.782. The molecule has 3 unspecified atom stereocenters. The molecule has 1 N–H and O–H groups in total. The van der Waals surface area contributed by atoms with Crippen molar-refractivity contribution in [3.63, 3.8) is 0 Å². The lowest BCUT2D eigenvalue weighted by Gasteiger charge is -2.26. The fraction of sp³-hybridized carbons (Fsp3) is 0.619. The van der Waals surface area contributed by atoms with Crippen LogP contribution in [0.1, 0.15) is 48.8 Å². The Bertz CT molecular complexity index is 993. The summed E-state index contributed by atoms with van der Waals surface area (Å²) in [5.74, 6) is -5.71. The minimum absolute atomic E-state index is 0.102. The summed E-state index contributed by atoms with van der Waals surface area (Å²) in [5, 5.41) is 0. The van der Waals surface area contributed by atoms with Crippen LogP contribution in [0.2, 0.25) is 0 Å². The molecule has 1 aliphatic carbocycles. The van der Waals surface area contributed by atoms with Gasteiger partial charge in [0.1, 0.15) is 35.0 Å². The average molecular weight is 516 g/mol. The molecule has 0 aliphatic heterocycles. The predicted molar refractivity (Wildman–Crippen MR) is 131 cm³/mol. The van der Waals surface area contributed by atoms with Crippen molar-refractivity contribution in [3.05, 3.63) is 28.8 Å². The Morgan fingerprint density at radius 3 is 1.91 bits per heavy atom. The molecule has 2 rings (SSSR count). The van der Waals surface area contributed by atoms with E-state index < -0.39 is 51.9 Å². The summed E-state index contributed by atoms with van der Waals surface area (Å²) in [6.45, 7) is 0. The van der Waals surface area contributed by atoms with Gasteiger partial charge >= 0.3 is 18.1 Å². The number of rotatable bonds is 9. The van der Waals surface area contributed by atoms with Crippen LogP contribution in [0.25, 0.3) is 0 Å². The van der Waals surface area contributed by atoms with Crippen molar-refractivity contribution in [2.75, 3.05) is 5.75 Å². The Morgan fingerprint density at radius 2 is 1.49 bits per heavy atom. The van der Waals surface area contributed by atoms with Crippen molar-refractivity contribution in [1.82, 2.24) is 0 Å². The van der Waals surface area contributed by atoms with Gasteiger partial charge in [-0.05, 0) is 24.0 Å². The number of hydrogen-bond donors (Lipinski definition) is 1. The second-order valence-electron chi connectivity index (χ2n) is 8.79. The molecule has 0 amide bonds. The maximum atomic E-state index is 13.3. The van der Waals surface area contributed by atoms with E-state index in [1.165, 1.54) is 0 Å². The molecule has 7 nitrogen and oxygen atoms in total. The zero-order valence-corrected chi connectivity index (χ0v) is 21.0. The topological polar surface area (TPSA) is 107 Å². The second kappa shape index (κ2) is 12.3. The first kappa shape index (κ1) is 29.3. The van der Waals surface area contributed by atoms with Gasteiger partial charge in [0.15, 0.2) is 0 Å².